The molecule has 1 aliphatic rings. The van der Waals surface area contributed by atoms with Crippen LogP contribution in [0.1, 0.15) is 34.7 Å². The van der Waals surface area contributed by atoms with Crippen LogP contribution in [0.3, 0.4) is 0 Å². The lowest BCUT2D eigenvalue weighted by Gasteiger charge is -2.07. The maximum atomic E-state index is 5.26. The minimum Gasteiger partial charge on any atom is -0.497 e. The molecule has 0 radical (unpaired) electrons. The van der Waals surface area contributed by atoms with Gasteiger partial charge in [0.2, 0.25) is 5.95 Å². The van der Waals surface area contributed by atoms with Crippen molar-refractivity contribution in [2.24, 2.45) is 0 Å². The van der Waals surface area contributed by atoms with Crippen molar-refractivity contribution < 1.29 is 4.74 Å². The molecule has 1 aromatic carbocycles. The van der Waals surface area contributed by atoms with Crippen molar-refractivity contribution in [1.82, 2.24) is 24.7 Å². The Morgan fingerprint density at radius 3 is 2.74 bits per heavy atom. The number of methoxy groups -OCH3 is 1. The van der Waals surface area contributed by atoms with Crippen LogP contribution in [-0.4, -0.2) is 31.8 Å². The van der Waals surface area contributed by atoms with Crippen LogP contribution < -0.4 is 10.1 Å². The highest BCUT2D eigenvalue weighted by molar-refractivity contribution is 7.16. The lowest BCUT2D eigenvalue weighted by Crippen LogP contribution is -2.01. The molecule has 3 heterocycles. The summed E-state index contributed by atoms with van der Waals surface area (Å²) in [5.41, 5.74) is 5.41. The zero-order valence-corrected chi connectivity index (χ0v) is 18.4. The molecule has 31 heavy (non-hydrogen) atoms. The molecule has 0 saturated heterocycles. The van der Waals surface area contributed by atoms with Crippen LogP contribution in [-0.2, 0) is 19.4 Å². The van der Waals surface area contributed by atoms with E-state index < -0.39 is 0 Å². The average molecular weight is 433 g/mol. The van der Waals surface area contributed by atoms with E-state index in [9.17, 15) is 0 Å². The van der Waals surface area contributed by atoms with Gasteiger partial charge in [0.05, 0.1) is 25.0 Å². The summed E-state index contributed by atoms with van der Waals surface area (Å²) in [5.74, 6) is 1.44. The normalized spacial score (nSPS) is 13.1. The molecule has 0 aliphatic heterocycles. The average Bonchev–Trinajstić information content (AvgIpc) is 3.33. The summed E-state index contributed by atoms with van der Waals surface area (Å²) in [6, 6.07) is 10.0. The third kappa shape index (κ3) is 4.29. The molecule has 158 valence electrons. The number of anilines is 2. The summed E-state index contributed by atoms with van der Waals surface area (Å²) in [7, 11) is 1.68. The quantitative estimate of drug-likeness (QED) is 0.489. The van der Waals surface area contributed by atoms with E-state index in [0.29, 0.717) is 5.95 Å². The predicted octanol–water partition coefficient (Wildman–Crippen LogP) is 4.78. The van der Waals surface area contributed by atoms with Crippen LogP contribution in [0, 0.1) is 6.92 Å². The monoisotopic (exact) mass is 432 g/mol. The Morgan fingerprint density at radius 2 is 1.94 bits per heavy atom. The summed E-state index contributed by atoms with van der Waals surface area (Å²) in [6.07, 6.45) is 8.18. The first kappa shape index (κ1) is 19.7. The van der Waals surface area contributed by atoms with E-state index in [2.05, 4.69) is 33.6 Å². The lowest BCUT2D eigenvalue weighted by molar-refractivity contribution is 0.414. The molecule has 7 nitrogen and oxygen atoms in total. The third-order valence-electron chi connectivity index (χ3n) is 5.38. The maximum absolute atomic E-state index is 5.26. The predicted molar refractivity (Wildman–Crippen MR) is 122 cm³/mol. The van der Waals surface area contributed by atoms with Crippen molar-refractivity contribution in [2.45, 2.75) is 39.2 Å². The highest BCUT2D eigenvalue weighted by Crippen LogP contribution is 2.37. The highest BCUT2D eigenvalue weighted by Gasteiger charge is 2.21. The smallest absolute Gasteiger partial charge is 0.229 e. The fraction of sp³-hybridized carbons (Fsp3) is 0.304. The number of rotatable bonds is 5. The summed E-state index contributed by atoms with van der Waals surface area (Å²) < 4.78 is 7.29. The number of aryl methyl sites for hydroxylation is 3. The SMILES string of the molecule is COc1ccc(Cn2cc3c(n2)CCCCc2sc(Nc4nccc(C)n4)nc2-3)cc1. The molecule has 3 aromatic heterocycles. The maximum Gasteiger partial charge on any atom is 0.229 e. The third-order valence-corrected chi connectivity index (χ3v) is 6.41. The zero-order chi connectivity index (χ0) is 21.2. The van der Waals surface area contributed by atoms with Gasteiger partial charge in [0.1, 0.15) is 5.75 Å². The van der Waals surface area contributed by atoms with Crippen LogP contribution >= 0.6 is 11.3 Å². The standard InChI is InChI=1S/C23H24N6OS/c1-15-11-12-24-22(25-15)27-23-26-21-18-14-29(13-16-7-9-17(30-2)10-8-16)28-19(18)5-3-4-6-20(21)31-23/h7-12,14H,3-6,13H2,1-2H3,(H,24,25,26,27). The summed E-state index contributed by atoms with van der Waals surface area (Å²) in [5, 5.41) is 9.00. The van der Waals surface area contributed by atoms with Gasteiger partial charge in [0.15, 0.2) is 5.13 Å². The molecule has 0 fully saturated rings. The number of nitrogens with zero attached hydrogens (tertiary/aromatic N) is 5. The number of fused-ring (bicyclic) bond motifs is 3. The van der Waals surface area contributed by atoms with Gasteiger partial charge < -0.3 is 10.1 Å². The van der Waals surface area contributed by atoms with Crippen LogP contribution in [0.2, 0.25) is 0 Å². The Balaban J connectivity index is 1.44. The van der Waals surface area contributed by atoms with Gasteiger partial charge in [-0.15, -0.1) is 11.3 Å². The molecule has 4 aromatic rings. The molecule has 0 amide bonds. The number of thiazole rings is 1. The van der Waals surface area contributed by atoms with Gasteiger partial charge >= 0.3 is 0 Å². The molecule has 0 unspecified atom stereocenters. The van der Waals surface area contributed by atoms with E-state index in [-0.39, 0.29) is 0 Å². The van der Waals surface area contributed by atoms with Crippen molar-refractivity contribution in [2.75, 3.05) is 12.4 Å². The Hall–Kier alpha value is -3.26. The number of hydrogen-bond donors (Lipinski definition) is 1. The minimum atomic E-state index is 0.581. The molecule has 1 N–H and O–H groups in total. The molecule has 0 atom stereocenters. The topological polar surface area (TPSA) is 77.8 Å². The van der Waals surface area contributed by atoms with Crippen molar-refractivity contribution in [3.63, 3.8) is 0 Å². The van der Waals surface area contributed by atoms with Crippen molar-refractivity contribution in [3.8, 4) is 17.0 Å². The van der Waals surface area contributed by atoms with E-state index in [1.165, 1.54) is 10.4 Å². The van der Waals surface area contributed by atoms with Gasteiger partial charge in [-0.3, -0.25) is 4.68 Å². The minimum absolute atomic E-state index is 0.581. The molecule has 0 bridgehead atoms. The number of aromatic nitrogens is 5. The molecule has 0 spiro atoms. The number of nitrogens with one attached hydrogen (secondary N) is 1. The van der Waals surface area contributed by atoms with Crippen molar-refractivity contribution in [1.29, 1.82) is 0 Å². The fourth-order valence-electron chi connectivity index (χ4n) is 3.81. The number of hydrogen-bond acceptors (Lipinski definition) is 7. The van der Waals surface area contributed by atoms with Gasteiger partial charge in [-0.25, -0.2) is 15.0 Å². The molecule has 1 aliphatic carbocycles. The molecular formula is C23H24N6OS. The first-order valence-corrected chi connectivity index (χ1v) is 11.3. The van der Waals surface area contributed by atoms with E-state index >= 15 is 0 Å². The number of ether oxygens (including phenoxy) is 1. The molecule has 8 heteroatoms. The Morgan fingerprint density at radius 1 is 1.10 bits per heavy atom. The van der Waals surface area contributed by atoms with Crippen LogP contribution in [0.5, 0.6) is 5.75 Å². The van der Waals surface area contributed by atoms with Gasteiger partial charge in [-0.2, -0.15) is 5.10 Å². The first-order chi connectivity index (χ1) is 15.2. The summed E-state index contributed by atoms with van der Waals surface area (Å²) in [6.45, 7) is 2.68. The Bertz CT molecular complexity index is 1200. The Labute approximate surface area is 185 Å². The van der Waals surface area contributed by atoms with Crippen molar-refractivity contribution in [3.05, 3.63) is 64.6 Å². The summed E-state index contributed by atoms with van der Waals surface area (Å²) >= 11 is 1.69. The van der Waals surface area contributed by atoms with Gasteiger partial charge in [0, 0.05) is 28.5 Å². The van der Waals surface area contributed by atoms with E-state index in [0.717, 1.165) is 65.8 Å². The second-order valence-corrected chi connectivity index (χ2v) is 8.76. The van der Waals surface area contributed by atoms with Crippen LogP contribution in [0.15, 0.2) is 42.7 Å². The van der Waals surface area contributed by atoms with E-state index in [1.54, 1.807) is 24.6 Å². The van der Waals surface area contributed by atoms with Crippen molar-refractivity contribution >= 4 is 22.4 Å². The van der Waals surface area contributed by atoms with E-state index in [4.69, 9.17) is 14.8 Å². The molecule has 0 saturated carbocycles. The van der Waals surface area contributed by atoms with Crippen LogP contribution in [0.25, 0.3) is 11.3 Å². The van der Waals surface area contributed by atoms with Crippen LogP contribution in [0.4, 0.5) is 11.1 Å². The van der Waals surface area contributed by atoms with Gasteiger partial charge in [-0.05, 0) is 56.4 Å². The lowest BCUT2D eigenvalue weighted by atomic mass is 10.0. The largest absolute Gasteiger partial charge is 0.497 e. The number of benzene rings is 1. The van der Waals surface area contributed by atoms with Gasteiger partial charge in [-0.1, -0.05) is 12.1 Å². The second kappa shape index (κ2) is 8.47. The highest BCUT2D eigenvalue weighted by atomic mass is 32.1. The van der Waals surface area contributed by atoms with E-state index in [1.807, 2.05) is 29.8 Å². The molecule has 5 rings (SSSR count). The van der Waals surface area contributed by atoms with Gasteiger partial charge in [0.25, 0.3) is 0 Å². The summed E-state index contributed by atoms with van der Waals surface area (Å²) in [4.78, 5) is 15.0. The zero-order valence-electron chi connectivity index (χ0n) is 17.6. The first-order valence-electron chi connectivity index (χ1n) is 10.4. The second-order valence-electron chi connectivity index (χ2n) is 7.68. The Kier molecular flexibility index (Phi) is 5.38. The fourth-order valence-corrected chi connectivity index (χ4v) is 4.82. The molecular weight excluding hydrogens is 408 g/mol.